The second-order valence-corrected chi connectivity index (χ2v) is 5.78. The fraction of sp³-hybridized carbons (Fsp3) is 0.750. The first-order valence-corrected chi connectivity index (χ1v) is 7.20. The maximum absolute atomic E-state index is 12.0. The Labute approximate surface area is 118 Å². The van der Waals surface area contributed by atoms with Crippen LogP contribution in [0.15, 0.2) is 12.2 Å². The van der Waals surface area contributed by atoms with Crippen molar-refractivity contribution in [2.75, 3.05) is 13.1 Å². The molecule has 0 heterocycles. The van der Waals surface area contributed by atoms with Crippen molar-refractivity contribution in [2.45, 2.75) is 53.9 Å². The molecule has 0 aliphatic rings. The van der Waals surface area contributed by atoms with Gasteiger partial charge < -0.3 is 4.90 Å². The van der Waals surface area contributed by atoms with Crippen molar-refractivity contribution < 1.29 is 4.79 Å². The molecule has 0 aliphatic heterocycles. The summed E-state index contributed by atoms with van der Waals surface area (Å²) in [7, 11) is 0. The molecule has 3 heteroatoms. The number of hydrogen-bond acceptors (Lipinski definition) is 2. The van der Waals surface area contributed by atoms with E-state index in [2.05, 4.69) is 34.3 Å². The molecular weight excluding hydrogens is 236 g/mol. The standard InChI is InChI=1S/C16H28N2O/c1-7-9-16(6,13(3)4)10-11-18(8-2)15(19)14(5)12-17/h13H,5,7-11H2,1-4,6H3. The zero-order valence-corrected chi connectivity index (χ0v) is 13.1. The van der Waals surface area contributed by atoms with Crippen LogP contribution in [0.25, 0.3) is 0 Å². The molecule has 108 valence electrons. The second kappa shape index (κ2) is 7.99. The van der Waals surface area contributed by atoms with Gasteiger partial charge in [0.15, 0.2) is 0 Å². The van der Waals surface area contributed by atoms with E-state index >= 15 is 0 Å². The molecule has 0 saturated heterocycles. The lowest BCUT2D eigenvalue weighted by molar-refractivity contribution is -0.127. The highest BCUT2D eigenvalue weighted by molar-refractivity contribution is 5.96. The molecule has 0 aromatic carbocycles. The first kappa shape index (κ1) is 17.7. The minimum atomic E-state index is -0.229. The van der Waals surface area contributed by atoms with Crippen LogP contribution in [0, 0.1) is 22.7 Å². The summed E-state index contributed by atoms with van der Waals surface area (Å²) in [4.78, 5) is 13.7. The predicted octanol–water partition coefficient (Wildman–Crippen LogP) is 3.77. The first-order chi connectivity index (χ1) is 8.82. The maximum atomic E-state index is 12.0. The molecule has 1 amide bonds. The average Bonchev–Trinajstić information content (AvgIpc) is 2.38. The topological polar surface area (TPSA) is 44.1 Å². The second-order valence-electron chi connectivity index (χ2n) is 5.78. The van der Waals surface area contributed by atoms with Crippen molar-refractivity contribution in [3.8, 4) is 6.07 Å². The number of hydrogen-bond donors (Lipinski definition) is 0. The van der Waals surface area contributed by atoms with Gasteiger partial charge in [0.1, 0.15) is 11.6 Å². The minimum Gasteiger partial charge on any atom is -0.338 e. The molecule has 0 radical (unpaired) electrons. The Morgan fingerprint density at radius 2 is 1.95 bits per heavy atom. The van der Waals surface area contributed by atoms with Gasteiger partial charge in [-0.15, -0.1) is 0 Å². The third kappa shape index (κ3) is 5.06. The fourth-order valence-electron chi connectivity index (χ4n) is 2.31. The molecule has 0 spiro atoms. The van der Waals surface area contributed by atoms with Gasteiger partial charge in [0.2, 0.25) is 0 Å². The predicted molar refractivity (Wildman–Crippen MR) is 79.5 cm³/mol. The van der Waals surface area contributed by atoms with Crippen LogP contribution in [-0.2, 0) is 4.79 Å². The Hall–Kier alpha value is -1.30. The molecule has 0 aromatic heterocycles. The quantitative estimate of drug-likeness (QED) is 0.495. The van der Waals surface area contributed by atoms with Crippen LogP contribution in [0.1, 0.15) is 53.9 Å². The molecule has 0 bridgehead atoms. The highest BCUT2D eigenvalue weighted by Gasteiger charge is 2.28. The van der Waals surface area contributed by atoms with E-state index in [1.54, 1.807) is 4.90 Å². The highest BCUT2D eigenvalue weighted by Crippen LogP contribution is 2.36. The first-order valence-electron chi connectivity index (χ1n) is 7.20. The van der Waals surface area contributed by atoms with Crippen LogP contribution in [0.5, 0.6) is 0 Å². The summed E-state index contributed by atoms with van der Waals surface area (Å²) < 4.78 is 0. The van der Waals surface area contributed by atoms with Crippen LogP contribution < -0.4 is 0 Å². The molecule has 0 fully saturated rings. The van der Waals surface area contributed by atoms with E-state index in [9.17, 15) is 4.79 Å². The highest BCUT2D eigenvalue weighted by atomic mass is 16.2. The van der Waals surface area contributed by atoms with Gasteiger partial charge in [-0.2, -0.15) is 5.26 Å². The zero-order valence-electron chi connectivity index (χ0n) is 13.1. The molecule has 0 N–H and O–H groups in total. The summed E-state index contributed by atoms with van der Waals surface area (Å²) in [6.45, 7) is 15.7. The third-order valence-electron chi connectivity index (χ3n) is 4.23. The van der Waals surface area contributed by atoms with Crippen molar-refractivity contribution in [1.29, 1.82) is 5.26 Å². The fourth-order valence-corrected chi connectivity index (χ4v) is 2.31. The summed E-state index contributed by atoms with van der Waals surface area (Å²) in [5, 5.41) is 8.75. The minimum absolute atomic E-state index is 0.0311. The van der Waals surface area contributed by atoms with Crippen LogP contribution in [0.4, 0.5) is 0 Å². The zero-order chi connectivity index (χ0) is 15.1. The van der Waals surface area contributed by atoms with Gasteiger partial charge in [0.25, 0.3) is 5.91 Å². The van der Waals surface area contributed by atoms with Crippen molar-refractivity contribution in [3.63, 3.8) is 0 Å². The van der Waals surface area contributed by atoms with E-state index in [4.69, 9.17) is 5.26 Å². The van der Waals surface area contributed by atoms with Gasteiger partial charge in [-0.1, -0.05) is 40.7 Å². The third-order valence-corrected chi connectivity index (χ3v) is 4.23. The Bertz CT molecular complexity index is 354. The average molecular weight is 264 g/mol. The molecule has 1 unspecified atom stereocenters. The van der Waals surface area contributed by atoms with Crippen molar-refractivity contribution in [1.82, 2.24) is 4.90 Å². The number of amides is 1. The Morgan fingerprint density at radius 3 is 2.32 bits per heavy atom. The van der Waals surface area contributed by atoms with E-state index in [1.165, 1.54) is 0 Å². The van der Waals surface area contributed by atoms with E-state index in [0.717, 1.165) is 19.3 Å². The molecule has 1 atom stereocenters. The number of likely N-dealkylation sites (N-methyl/N-ethyl adjacent to an activating group) is 1. The van der Waals surface area contributed by atoms with Gasteiger partial charge in [0.05, 0.1) is 0 Å². The summed E-state index contributed by atoms with van der Waals surface area (Å²) in [6, 6.07) is 1.84. The number of nitrogens with zero attached hydrogens (tertiary/aromatic N) is 2. The van der Waals surface area contributed by atoms with Crippen LogP contribution in [-0.4, -0.2) is 23.9 Å². The number of rotatable bonds is 8. The summed E-state index contributed by atoms with van der Waals surface area (Å²) in [6.07, 6.45) is 3.28. The number of nitriles is 1. The van der Waals surface area contributed by atoms with E-state index in [0.29, 0.717) is 19.0 Å². The summed E-state index contributed by atoms with van der Waals surface area (Å²) >= 11 is 0. The molecule has 0 aromatic rings. The number of carbonyl (C=O) groups is 1. The monoisotopic (exact) mass is 264 g/mol. The molecule has 3 nitrogen and oxygen atoms in total. The summed E-state index contributed by atoms with van der Waals surface area (Å²) in [5.74, 6) is 0.355. The summed E-state index contributed by atoms with van der Waals surface area (Å²) in [5.41, 5.74) is 0.278. The molecule has 0 rings (SSSR count). The normalized spacial score (nSPS) is 13.7. The lowest BCUT2D eigenvalue weighted by atomic mass is 9.73. The van der Waals surface area contributed by atoms with Gasteiger partial charge >= 0.3 is 0 Å². The smallest absolute Gasteiger partial charge is 0.263 e. The van der Waals surface area contributed by atoms with E-state index in [-0.39, 0.29) is 16.9 Å². The van der Waals surface area contributed by atoms with Gasteiger partial charge in [0, 0.05) is 13.1 Å². The lowest BCUT2D eigenvalue weighted by Crippen LogP contribution is -2.36. The van der Waals surface area contributed by atoms with Crippen molar-refractivity contribution in [3.05, 3.63) is 12.2 Å². The van der Waals surface area contributed by atoms with E-state index in [1.807, 2.05) is 13.0 Å². The molecular formula is C16H28N2O. The van der Waals surface area contributed by atoms with Gasteiger partial charge in [-0.05, 0) is 31.1 Å². The van der Waals surface area contributed by atoms with Crippen LogP contribution >= 0.6 is 0 Å². The van der Waals surface area contributed by atoms with Gasteiger partial charge in [-0.3, -0.25) is 4.79 Å². The van der Waals surface area contributed by atoms with Gasteiger partial charge in [-0.25, -0.2) is 0 Å². The van der Waals surface area contributed by atoms with Crippen LogP contribution in [0.2, 0.25) is 0 Å². The van der Waals surface area contributed by atoms with Crippen molar-refractivity contribution in [2.24, 2.45) is 11.3 Å². The number of carbonyl (C=O) groups excluding carboxylic acids is 1. The Morgan fingerprint density at radius 1 is 1.37 bits per heavy atom. The Kier molecular flexibility index (Phi) is 7.44. The van der Waals surface area contributed by atoms with Crippen LogP contribution in [0.3, 0.4) is 0 Å². The maximum Gasteiger partial charge on any atom is 0.263 e. The lowest BCUT2D eigenvalue weighted by Gasteiger charge is -2.35. The SMILES string of the molecule is C=C(C#N)C(=O)N(CC)CCC(C)(CCC)C(C)C. The molecule has 19 heavy (non-hydrogen) atoms. The molecule has 0 saturated carbocycles. The van der Waals surface area contributed by atoms with E-state index < -0.39 is 0 Å². The molecule has 0 aliphatic carbocycles. The Balaban J connectivity index is 4.69. The van der Waals surface area contributed by atoms with Crippen molar-refractivity contribution >= 4 is 5.91 Å². The largest absolute Gasteiger partial charge is 0.338 e.